The summed E-state index contributed by atoms with van der Waals surface area (Å²) in [6.45, 7) is 2.42. The molecule has 1 aromatic rings. The zero-order valence-electron chi connectivity index (χ0n) is 12.4. The number of hydrogen-bond donors (Lipinski definition) is 1. The molecule has 0 bridgehead atoms. The van der Waals surface area contributed by atoms with E-state index in [1.54, 1.807) is 19.0 Å². The molecule has 0 aliphatic carbocycles. The van der Waals surface area contributed by atoms with Crippen LogP contribution >= 0.6 is 0 Å². The number of rotatable bonds is 6. The Hall–Kier alpha value is -1.85. The second-order valence-corrected chi connectivity index (χ2v) is 4.67. The second kappa shape index (κ2) is 6.92. The minimum atomic E-state index is 0.0505. The van der Waals surface area contributed by atoms with Gasteiger partial charge in [-0.1, -0.05) is 13.3 Å². The molecule has 0 saturated carbocycles. The zero-order chi connectivity index (χ0) is 14.4. The quantitative estimate of drug-likeness (QED) is 0.831. The summed E-state index contributed by atoms with van der Waals surface area (Å²) in [5.41, 5.74) is 1.06. The molecule has 0 unspecified atom stereocenters. The topological polar surface area (TPSA) is 61.4 Å². The summed E-state index contributed by atoms with van der Waals surface area (Å²) in [7, 11) is 7.23. The van der Waals surface area contributed by atoms with Gasteiger partial charge >= 0.3 is 0 Å². The van der Waals surface area contributed by atoms with E-state index < -0.39 is 0 Å². The Morgan fingerprint density at radius 1 is 1.32 bits per heavy atom. The number of nitrogens with one attached hydrogen (secondary N) is 1. The molecule has 0 aromatic carbocycles. The van der Waals surface area contributed by atoms with Gasteiger partial charge in [0.15, 0.2) is 0 Å². The van der Waals surface area contributed by atoms with E-state index in [0.717, 1.165) is 30.0 Å². The van der Waals surface area contributed by atoms with Crippen LogP contribution < -0.4 is 10.2 Å². The highest BCUT2D eigenvalue weighted by atomic mass is 16.2. The summed E-state index contributed by atoms with van der Waals surface area (Å²) in [6.07, 6.45) is 3.41. The summed E-state index contributed by atoms with van der Waals surface area (Å²) >= 11 is 0. The molecule has 19 heavy (non-hydrogen) atoms. The maximum Gasteiger partial charge on any atom is 0.241 e. The van der Waals surface area contributed by atoms with Crippen molar-refractivity contribution >= 4 is 17.5 Å². The minimum Gasteiger partial charge on any atom is -0.373 e. The molecule has 6 nitrogen and oxygen atoms in total. The first-order valence-electron chi connectivity index (χ1n) is 6.44. The van der Waals surface area contributed by atoms with Gasteiger partial charge in [0.2, 0.25) is 5.91 Å². The van der Waals surface area contributed by atoms with Crippen LogP contribution in [-0.4, -0.2) is 55.5 Å². The second-order valence-electron chi connectivity index (χ2n) is 4.67. The summed E-state index contributed by atoms with van der Waals surface area (Å²) in [4.78, 5) is 23.8. The average Bonchev–Trinajstić information content (AvgIpc) is 2.38. The largest absolute Gasteiger partial charge is 0.373 e. The first kappa shape index (κ1) is 15.2. The van der Waals surface area contributed by atoms with Crippen LogP contribution in [0, 0.1) is 0 Å². The summed E-state index contributed by atoms with van der Waals surface area (Å²) < 4.78 is 0. The maximum atomic E-state index is 11.8. The molecule has 1 rings (SSSR count). The van der Waals surface area contributed by atoms with E-state index in [9.17, 15) is 4.79 Å². The summed E-state index contributed by atoms with van der Waals surface area (Å²) in [5, 5.41) is 3.08. The highest BCUT2D eigenvalue weighted by molar-refractivity contribution is 5.81. The van der Waals surface area contributed by atoms with E-state index in [0.29, 0.717) is 6.54 Å². The average molecular weight is 265 g/mol. The Kier molecular flexibility index (Phi) is 5.54. The van der Waals surface area contributed by atoms with Crippen molar-refractivity contribution in [1.82, 2.24) is 14.9 Å². The third-order valence-corrected chi connectivity index (χ3v) is 2.89. The van der Waals surface area contributed by atoms with Crippen molar-refractivity contribution in [2.24, 2.45) is 0 Å². The monoisotopic (exact) mass is 265 g/mol. The van der Waals surface area contributed by atoms with Crippen molar-refractivity contribution in [3.8, 4) is 0 Å². The van der Waals surface area contributed by atoms with Crippen LogP contribution in [-0.2, 0) is 11.2 Å². The Bertz CT molecular complexity index is 433. The molecule has 0 spiro atoms. The van der Waals surface area contributed by atoms with E-state index >= 15 is 0 Å². The fraction of sp³-hybridized carbons (Fsp3) is 0.615. The molecular weight excluding hydrogens is 242 g/mol. The van der Waals surface area contributed by atoms with Crippen LogP contribution in [0.1, 0.15) is 18.9 Å². The Balaban J connectivity index is 3.01. The van der Waals surface area contributed by atoms with Crippen molar-refractivity contribution in [3.63, 3.8) is 0 Å². The molecule has 0 aliphatic heterocycles. The molecule has 0 atom stereocenters. The summed E-state index contributed by atoms with van der Waals surface area (Å²) in [6, 6.07) is 0. The third-order valence-electron chi connectivity index (χ3n) is 2.89. The van der Waals surface area contributed by atoms with Gasteiger partial charge in [-0.15, -0.1) is 0 Å². The fourth-order valence-electron chi connectivity index (χ4n) is 1.85. The van der Waals surface area contributed by atoms with Gasteiger partial charge in [0.1, 0.15) is 18.0 Å². The standard InChI is InChI=1S/C13H23N5O/c1-6-7-10-12(14-2)15-9-16-13(10)18(5)8-11(19)17(3)4/h9H,6-8H2,1-5H3,(H,14,15,16). The van der Waals surface area contributed by atoms with Crippen molar-refractivity contribution in [1.29, 1.82) is 0 Å². The molecule has 1 N–H and O–H groups in total. The van der Waals surface area contributed by atoms with Crippen LogP contribution in [0.5, 0.6) is 0 Å². The van der Waals surface area contributed by atoms with Crippen molar-refractivity contribution in [2.75, 3.05) is 45.0 Å². The number of anilines is 2. The lowest BCUT2D eigenvalue weighted by atomic mass is 10.1. The molecule has 106 valence electrons. The number of carbonyl (C=O) groups excluding carboxylic acids is 1. The third kappa shape index (κ3) is 3.81. The molecular formula is C13H23N5O. The normalized spacial score (nSPS) is 10.2. The molecule has 1 aromatic heterocycles. The Labute approximate surface area is 114 Å². The smallest absolute Gasteiger partial charge is 0.241 e. The van der Waals surface area contributed by atoms with Crippen LogP contribution in [0.3, 0.4) is 0 Å². The van der Waals surface area contributed by atoms with Crippen LogP contribution in [0.25, 0.3) is 0 Å². The number of aromatic nitrogens is 2. The van der Waals surface area contributed by atoms with Crippen molar-refractivity contribution in [2.45, 2.75) is 19.8 Å². The molecule has 6 heteroatoms. The fourth-order valence-corrected chi connectivity index (χ4v) is 1.85. The van der Waals surface area contributed by atoms with Crippen LogP contribution in [0.15, 0.2) is 6.33 Å². The number of carbonyl (C=O) groups is 1. The van der Waals surface area contributed by atoms with E-state index in [-0.39, 0.29) is 5.91 Å². The molecule has 0 saturated heterocycles. The molecule has 0 aliphatic rings. The van der Waals surface area contributed by atoms with Gasteiger partial charge in [-0.05, 0) is 6.42 Å². The SMILES string of the molecule is CCCc1c(NC)ncnc1N(C)CC(=O)N(C)C. The van der Waals surface area contributed by atoms with Gasteiger partial charge in [-0.3, -0.25) is 4.79 Å². The van der Waals surface area contributed by atoms with Gasteiger partial charge in [-0.25, -0.2) is 9.97 Å². The molecule has 0 fully saturated rings. The van der Waals surface area contributed by atoms with Gasteiger partial charge in [-0.2, -0.15) is 0 Å². The first-order valence-corrected chi connectivity index (χ1v) is 6.44. The van der Waals surface area contributed by atoms with Crippen LogP contribution in [0.2, 0.25) is 0 Å². The molecule has 1 amide bonds. The van der Waals surface area contributed by atoms with Crippen LogP contribution in [0.4, 0.5) is 11.6 Å². The predicted octanol–water partition coefficient (Wildman–Crippen LogP) is 0.995. The van der Waals surface area contributed by atoms with Gasteiger partial charge < -0.3 is 15.1 Å². The Morgan fingerprint density at radius 2 is 2.00 bits per heavy atom. The van der Waals surface area contributed by atoms with Crippen molar-refractivity contribution in [3.05, 3.63) is 11.9 Å². The lowest BCUT2D eigenvalue weighted by molar-refractivity contribution is -0.127. The number of hydrogen-bond acceptors (Lipinski definition) is 5. The maximum absolute atomic E-state index is 11.8. The van der Waals surface area contributed by atoms with E-state index in [1.807, 2.05) is 19.0 Å². The Morgan fingerprint density at radius 3 is 2.53 bits per heavy atom. The first-order chi connectivity index (χ1) is 9.01. The number of likely N-dealkylation sites (N-methyl/N-ethyl adjacent to an activating group) is 2. The van der Waals surface area contributed by atoms with E-state index in [2.05, 4.69) is 22.2 Å². The molecule has 1 heterocycles. The van der Waals surface area contributed by atoms with Gasteiger partial charge in [0, 0.05) is 33.8 Å². The highest BCUT2D eigenvalue weighted by Gasteiger charge is 2.16. The number of amides is 1. The highest BCUT2D eigenvalue weighted by Crippen LogP contribution is 2.23. The summed E-state index contributed by atoms with van der Waals surface area (Å²) in [5.74, 6) is 1.70. The predicted molar refractivity (Wildman–Crippen MR) is 77.5 cm³/mol. The van der Waals surface area contributed by atoms with E-state index in [1.165, 1.54) is 6.33 Å². The van der Waals surface area contributed by atoms with Gasteiger partial charge in [0.25, 0.3) is 0 Å². The number of nitrogens with zero attached hydrogens (tertiary/aromatic N) is 4. The van der Waals surface area contributed by atoms with Gasteiger partial charge in [0.05, 0.1) is 6.54 Å². The van der Waals surface area contributed by atoms with E-state index in [4.69, 9.17) is 0 Å². The lowest BCUT2D eigenvalue weighted by Gasteiger charge is -2.23. The lowest BCUT2D eigenvalue weighted by Crippen LogP contribution is -2.35. The minimum absolute atomic E-state index is 0.0505. The molecule has 0 radical (unpaired) electrons. The van der Waals surface area contributed by atoms with Crippen molar-refractivity contribution < 1.29 is 4.79 Å². The zero-order valence-corrected chi connectivity index (χ0v) is 12.4.